The molecule has 0 aliphatic carbocycles. The average Bonchev–Trinajstić information content (AvgIpc) is 3.33. The first-order valence-electron chi connectivity index (χ1n) is 11.0. The molecule has 3 aromatic rings. The summed E-state index contributed by atoms with van der Waals surface area (Å²) in [6, 6.07) is 16.6. The SMILES string of the molecule is COc1cccc(N2CCN(CCCCOc3cccc(Cn4ccnn4)c3)CC2)c1. The first-order valence-corrected chi connectivity index (χ1v) is 11.0. The van der Waals surface area contributed by atoms with Crippen molar-refractivity contribution in [2.24, 2.45) is 0 Å². The molecule has 164 valence electrons. The Bertz CT molecular complexity index is 923. The van der Waals surface area contributed by atoms with Crippen LogP contribution in [0.15, 0.2) is 60.9 Å². The first kappa shape index (κ1) is 21.2. The first-order chi connectivity index (χ1) is 15.3. The second-order valence-electron chi connectivity index (χ2n) is 7.83. The van der Waals surface area contributed by atoms with Gasteiger partial charge in [0.25, 0.3) is 0 Å². The molecule has 0 atom stereocenters. The van der Waals surface area contributed by atoms with E-state index in [0.717, 1.165) is 69.2 Å². The molecule has 0 amide bonds. The van der Waals surface area contributed by atoms with Gasteiger partial charge in [0.15, 0.2) is 0 Å². The van der Waals surface area contributed by atoms with Crippen molar-refractivity contribution < 1.29 is 9.47 Å². The normalized spacial score (nSPS) is 14.5. The van der Waals surface area contributed by atoms with E-state index in [-0.39, 0.29) is 0 Å². The quantitative estimate of drug-likeness (QED) is 0.468. The maximum Gasteiger partial charge on any atom is 0.120 e. The molecule has 0 radical (unpaired) electrons. The van der Waals surface area contributed by atoms with E-state index in [9.17, 15) is 0 Å². The maximum absolute atomic E-state index is 5.97. The Hall–Kier alpha value is -3.06. The van der Waals surface area contributed by atoms with Crippen LogP contribution < -0.4 is 14.4 Å². The monoisotopic (exact) mass is 421 g/mol. The second-order valence-corrected chi connectivity index (χ2v) is 7.83. The number of unbranched alkanes of at least 4 members (excludes halogenated alkanes) is 1. The van der Waals surface area contributed by atoms with Crippen LogP contribution in [0.4, 0.5) is 5.69 Å². The Morgan fingerprint density at radius 2 is 1.77 bits per heavy atom. The average molecular weight is 422 g/mol. The van der Waals surface area contributed by atoms with E-state index in [1.807, 2.05) is 29.1 Å². The van der Waals surface area contributed by atoms with Gasteiger partial charge in [0.05, 0.1) is 26.5 Å². The van der Waals surface area contributed by atoms with Crippen molar-refractivity contribution in [3.8, 4) is 11.5 Å². The van der Waals surface area contributed by atoms with E-state index in [1.165, 1.54) is 5.69 Å². The van der Waals surface area contributed by atoms with Crippen LogP contribution in [-0.2, 0) is 6.54 Å². The molecular formula is C24H31N5O2. The number of methoxy groups -OCH3 is 1. The van der Waals surface area contributed by atoms with E-state index >= 15 is 0 Å². The Kier molecular flexibility index (Phi) is 7.39. The van der Waals surface area contributed by atoms with Crippen LogP contribution in [0.2, 0.25) is 0 Å². The smallest absolute Gasteiger partial charge is 0.120 e. The van der Waals surface area contributed by atoms with Gasteiger partial charge in [-0.05, 0) is 49.2 Å². The van der Waals surface area contributed by atoms with Crippen molar-refractivity contribution in [1.82, 2.24) is 19.9 Å². The minimum absolute atomic E-state index is 0.707. The molecule has 0 saturated carbocycles. The fourth-order valence-corrected chi connectivity index (χ4v) is 3.90. The molecule has 2 heterocycles. The van der Waals surface area contributed by atoms with E-state index in [4.69, 9.17) is 9.47 Å². The fraction of sp³-hybridized carbons (Fsp3) is 0.417. The number of anilines is 1. The summed E-state index contributed by atoms with van der Waals surface area (Å²) in [5.74, 6) is 1.84. The van der Waals surface area contributed by atoms with Gasteiger partial charge in [-0.2, -0.15) is 0 Å². The lowest BCUT2D eigenvalue weighted by Gasteiger charge is -2.36. The Balaban J connectivity index is 1.13. The van der Waals surface area contributed by atoms with Gasteiger partial charge >= 0.3 is 0 Å². The lowest BCUT2D eigenvalue weighted by molar-refractivity contribution is 0.238. The van der Waals surface area contributed by atoms with Crippen molar-refractivity contribution in [1.29, 1.82) is 0 Å². The maximum atomic E-state index is 5.97. The highest BCUT2D eigenvalue weighted by atomic mass is 16.5. The number of hydrogen-bond acceptors (Lipinski definition) is 6. The molecule has 1 aromatic heterocycles. The summed E-state index contributed by atoms with van der Waals surface area (Å²) >= 11 is 0. The van der Waals surface area contributed by atoms with Gasteiger partial charge in [-0.1, -0.05) is 23.4 Å². The molecule has 0 N–H and O–H groups in total. The van der Waals surface area contributed by atoms with Gasteiger partial charge in [0, 0.05) is 44.1 Å². The summed E-state index contributed by atoms with van der Waals surface area (Å²) in [6.07, 6.45) is 5.77. The van der Waals surface area contributed by atoms with Gasteiger partial charge in [-0.15, -0.1) is 5.10 Å². The number of ether oxygens (including phenoxy) is 2. The molecule has 0 bridgehead atoms. The zero-order valence-electron chi connectivity index (χ0n) is 18.2. The summed E-state index contributed by atoms with van der Waals surface area (Å²) in [6.45, 7) is 6.90. The van der Waals surface area contributed by atoms with E-state index in [1.54, 1.807) is 13.3 Å². The molecule has 1 aliphatic heterocycles. The molecule has 4 rings (SSSR count). The highest BCUT2D eigenvalue weighted by Gasteiger charge is 2.17. The lowest BCUT2D eigenvalue weighted by Crippen LogP contribution is -2.46. The molecule has 1 fully saturated rings. The zero-order valence-corrected chi connectivity index (χ0v) is 18.2. The lowest BCUT2D eigenvalue weighted by atomic mass is 10.2. The van der Waals surface area contributed by atoms with Crippen molar-refractivity contribution >= 4 is 5.69 Å². The Labute approximate surface area is 184 Å². The molecule has 2 aromatic carbocycles. The van der Waals surface area contributed by atoms with Crippen LogP contribution >= 0.6 is 0 Å². The number of benzene rings is 2. The van der Waals surface area contributed by atoms with E-state index < -0.39 is 0 Å². The van der Waals surface area contributed by atoms with Crippen LogP contribution in [0.25, 0.3) is 0 Å². The van der Waals surface area contributed by atoms with Crippen LogP contribution in [0.1, 0.15) is 18.4 Å². The van der Waals surface area contributed by atoms with Gasteiger partial charge in [0.1, 0.15) is 11.5 Å². The molecular weight excluding hydrogens is 390 g/mol. The Morgan fingerprint density at radius 1 is 0.935 bits per heavy atom. The van der Waals surface area contributed by atoms with Crippen LogP contribution in [0.3, 0.4) is 0 Å². The summed E-state index contributed by atoms with van der Waals surface area (Å²) in [5, 5.41) is 7.86. The zero-order chi connectivity index (χ0) is 21.3. The predicted molar refractivity (Wildman–Crippen MR) is 122 cm³/mol. The topological polar surface area (TPSA) is 55.7 Å². The minimum Gasteiger partial charge on any atom is -0.497 e. The van der Waals surface area contributed by atoms with Crippen molar-refractivity contribution in [2.75, 3.05) is 51.3 Å². The predicted octanol–water partition coefficient (Wildman–Crippen LogP) is 3.32. The third-order valence-corrected chi connectivity index (χ3v) is 5.64. The highest BCUT2D eigenvalue weighted by molar-refractivity contribution is 5.51. The largest absolute Gasteiger partial charge is 0.497 e. The highest BCUT2D eigenvalue weighted by Crippen LogP contribution is 2.22. The molecule has 0 unspecified atom stereocenters. The van der Waals surface area contributed by atoms with Gasteiger partial charge in [0.2, 0.25) is 0 Å². The molecule has 1 aliphatic rings. The van der Waals surface area contributed by atoms with Crippen LogP contribution in [0, 0.1) is 0 Å². The number of aromatic nitrogens is 3. The molecule has 7 nitrogen and oxygen atoms in total. The Morgan fingerprint density at radius 3 is 2.58 bits per heavy atom. The molecule has 7 heteroatoms. The van der Waals surface area contributed by atoms with Crippen molar-refractivity contribution in [3.05, 3.63) is 66.5 Å². The molecule has 0 spiro atoms. The van der Waals surface area contributed by atoms with Crippen molar-refractivity contribution in [2.45, 2.75) is 19.4 Å². The number of piperazine rings is 1. The van der Waals surface area contributed by atoms with Gasteiger partial charge in [-0.3, -0.25) is 4.90 Å². The summed E-state index contributed by atoms with van der Waals surface area (Å²) in [4.78, 5) is 4.99. The van der Waals surface area contributed by atoms with Crippen molar-refractivity contribution in [3.63, 3.8) is 0 Å². The third kappa shape index (κ3) is 6.21. The van der Waals surface area contributed by atoms with Gasteiger partial charge in [-0.25, -0.2) is 4.68 Å². The summed E-state index contributed by atoms with van der Waals surface area (Å²) in [7, 11) is 1.72. The van der Waals surface area contributed by atoms with Crippen LogP contribution in [-0.4, -0.2) is 66.3 Å². The molecule has 31 heavy (non-hydrogen) atoms. The number of nitrogens with zero attached hydrogens (tertiary/aromatic N) is 5. The number of hydrogen-bond donors (Lipinski definition) is 0. The fourth-order valence-electron chi connectivity index (χ4n) is 3.90. The van der Waals surface area contributed by atoms with Gasteiger partial charge < -0.3 is 14.4 Å². The minimum atomic E-state index is 0.707. The second kappa shape index (κ2) is 10.8. The standard InChI is InChI=1S/C24H31N5O2/c1-30-23-8-5-7-22(19-23)28-15-13-27(14-16-28)11-2-3-17-31-24-9-4-6-21(18-24)20-29-12-10-25-26-29/h4-10,12,18-19H,2-3,11,13-17,20H2,1H3. The third-order valence-electron chi connectivity index (χ3n) is 5.64. The summed E-state index contributed by atoms with van der Waals surface area (Å²) < 4.78 is 13.1. The number of rotatable bonds is 10. The summed E-state index contributed by atoms with van der Waals surface area (Å²) in [5.41, 5.74) is 2.41. The molecule has 1 saturated heterocycles. The van der Waals surface area contributed by atoms with E-state index in [2.05, 4.69) is 50.4 Å². The van der Waals surface area contributed by atoms with Crippen LogP contribution in [0.5, 0.6) is 11.5 Å². The van der Waals surface area contributed by atoms with E-state index in [0.29, 0.717) is 6.54 Å².